The predicted octanol–water partition coefficient (Wildman–Crippen LogP) is 2.42. The van der Waals surface area contributed by atoms with Crippen LogP contribution in [-0.2, 0) is 0 Å². The highest BCUT2D eigenvalue weighted by Gasteiger charge is 2.17. The van der Waals surface area contributed by atoms with E-state index in [0.29, 0.717) is 5.82 Å². The number of carboxylic acid groups (broad SMARTS) is 1. The third kappa shape index (κ3) is 2.21. The zero-order valence-electron chi connectivity index (χ0n) is 12.6. The number of anilines is 2. The normalized spacial score (nSPS) is 11.0. The zero-order valence-corrected chi connectivity index (χ0v) is 12.6. The molecule has 0 atom stereocenters. The van der Waals surface area contributed by atoms with Crippen molar-refractivity contribution < 1.29 is 9.90 Å². The number of aromatic carboxylic acids is 1. The fourth-order valence-electron chi connectivity index (χ4n) is 2.58. The maximum absolute atomic E-state index is 11.4. The predicted molar refractivity (Wildman–Crippen MR) is 87.5 cm³/mol. The van der Waals surface area contributed by atoms with E-state index in [1.54, 1.807) is 23.0 Å². The van der Waals surface area contributed by atoms with E-state index in [4.69, 9.17) is 0 Å². The number of imidazole rings is 1. The first kappa shape index (κ1) is 14.1. The Bertz CT molecular complexity index is 1090. The standard InChI is InChI=1S/C16H12N6O2/c1-9-6-10(2-5-18-9)20-14-11-3-4-17-7-12(11)22-8-19-13(16(23)24)15(22)21-14/h2-8H,1H3,(H,23,24)(H,18,20,21). The highest BCUT2D eigenvalue weighted by Crippen LogP contribution is 2.26. The molecule has 8 heteroatoms. The molecule has 24 heavy (non-hydrogen) atoms. The molecule has 0 fully saturated rings. The van der Waals surface area contributed by atoms with Crippen LogP contribution in [0.15, 0.2) is 43.1 Å². The number of pyridine rings is 2. The number of carbonyl (C=O) groups is 1. The van der Waals surface area contributed by atoms with Gasteiger partial charge < -0.3 is 10.4 Å². The minimum Gasteiger partial charge on any atom is -0.476 e. The Hall–Kier alpha value is -3.55. The third-order valence-electron chi connectivity index (χ3n) is 3.64. The average Bonchev–Trinajstić information content (AvgIpc) is 2.99. The Morgan fingerprint density at radius 1 is 1.25 bits per heavy atom. The molecule has 0 aliphatic carbocycles. The number of fused-ring (bicyclic) bond motifs is 3. The molecule has 0 saturated heterocycles. The van der Waals surface area contributed by atoms with Crippen LogP contribution < -0.4 is 5.32 Å². The Labute approximate surface area is 135 Å². The van der Waals surface area contributed by atoms with E-state index in [2.05, 4.69) is 25.3 Å². The number of rotatable bonds is 3. The molecule has 118 valence electrons. The van der Waals surface area contributed by atoms with Gasteiger partial charge >= 0.3 is 5.97 Å². The minimum atomic E-state index is -1.13. The topological polar surface area (TPSA) is 105 Å². The molecule has 4 aromatic rings. The van der Waals surface area contributed by atoms with Gasteiger partial charge in [0.2, 0.25) is 0 Å². The summed E-state index contributed by atoms with van der Waals surface area (Å²) in [4.78, 5) is 28.1. The fraction of sp³-hybridized carbons (Fsp3) is 0.0625. The summed E-state index contributed by atoms with van der Waals surface area (Å²) in [6.07, 6.45) is 6.45. The molecular formula is C16H12N6O2. The van der Waals surface area contributed by atoms with Crippen molar-refractivity contribution in [1.29, 1.82) is 0 Å². The van der Waals surface area contributed by atoms with Crippen LogP contribution >= 0.6 is 0 Å². The first-order valence-electron chi connectivity index (χ1n) is 7.17. The molecule has 0 unspecified atom stereocenters. The Balaban J connectivity index is 1.98. The number of carboxylic acids is 1. The first-order valence-corrected chi connectivity index (χ1v) is 7.17. The van der Waals surface area contributed by atoms with E-state index >= 15 is 0 Å². The van der Waals surface area contributed by atoms with E-state index < -0.39 is 5.97 Å². The monoisotopic (exact) mass is 320 g/mol. The van der Waals surface area contributed by atoms with Crippen molar-refractivity contribution in [2.24, 2.45) is 0 Å². The molecule has 0 aromatic carbocycles. The molecule has 0 saturated carbocycles. The average molecular weight is 320 g/mol. The lowest BCUT2D eigenvalue weighted by atomic mass is 10.2. The highest BCUT2D eigenvalue weighted by molar-refractivity contribution is 5.97. The lowest BCUT2D eigenvalue weighted by molar-refractivity contribution is 0.0693. The molecule has 0 aliphatic rings. The van der Waals surface area contributed by atoms with Crippen molar-refractivity contribution in [3.63, 3.8) is 0 Å². The van der Waals surface area contributed by atoms with Crippen LogP contribution in [0.5, 0.6) is 0 Å². The van der Waals surface area contributed by atoms with Crippen LogP contribution in [0.3, 0.4) is 0 Å². The van der Waals surface area contributed by atoms with Gasteiger partial charge in [-0.05, 0) is 25.1 Å². The summed E-state index contributed by atoms with van der Waals surface area (Å²) in [5.74, 6) is -0.590. The van der Waals surface area contributed by atoms with Crippen molar-refractivity contribution in [2.45, 2.75) is 6.92 Å². The van der Waals surface area contributed by atoms with Gasteiger partial charge in [0.25, 0.3) is 0 Å². The van der Waals surface area contributed by atoms with Gasteiger partial charge in [-0.15, -0.1) is 0 Å². The summed E-state index contributed by atoms with van der Waals surface area (Å²) >= 11 is 0. The summed E-state index contributed by atoms with van der Waals surface area (Å²) in [6, 6.07) is 5.52. The van der Waals surface area contributed by atoms with Crippen LogP contribution in [0.4, 0.5) is 11.5 Å². The first-order chi connectivity index (χ1) is 11.6. The quantitative estimate of drug-likeness (QED) is 0.597. The lowest BCUT2D eigenvalue weighted by Crippen LogP contribution is -2.03. The summed E-state index contributed by atoms with van der Waals surface area (Å²) in [5, 5.41) is 13.3. The number of hydrogen-bond donors (Lipinski definition) is 2. The summed E-state index contributed by atoms with van der Waals surface area (Å²) in [5.41, 5.74) is 2.55. The number of nitrogens with one attached hydrogen (secondary N) is 1. The van der Waals surface area contributed by atoms with Gasteiger partial charge in [0, 0.05) is 29.2 Å². The van der Waals surface area contributed by atoms with Crippen LogP contribution in [-0.4, -0.2) is 35.4 Å². The highest BCUT2D eigenvalue weighted by atomic mass is 16.4. The molecule has 4 rings (SSSR count). The zero-order chi connectivity index (χ0) is 16.7. The van der Waals surface area contributed by atoms with E-state index in [0.717, 1.165) is 22.3 Å². The number of aryl methyl sites for hydroxylation is 1. The minimum absolute atomic E-state index is 0.102. The second-order valence-electron chi connectivity index (χ2n) is 5.26. The molecule has 8 nitrogen and oxygen atoms in total. The molecule has 4 heterocycles. The second-order valence-corrected chi connectivity index (χ2v) is 5.26. The molecular weight excluding hydrogens is 308 g/mol. The smallest absolute Gasteiger partial charge is 0.358 e. The summed E-state index contributed by atoms with van der Waals surface area (Å²) < 4.78 is 1.62. The van der Waals surface area contributed by atoms with Gasteiger partial charge in [-0.2, -0.15) is 0 Å². The van der Waals surface area contributed by atoms with Gasteiger partial charge in [0.15, 0.2) is 11.3 Å². The second kappa shape index (κ2) is 5.27. The lowest BCUT2D eigenvalue weighted by Gasteiger charge is -2.11. The van der Waals surface area contributed by atoms with Crippen molar-refractivity contribution in [1.82, 2.24) is 24.3 Å². The van der Waals surface area contributed by atoms with E-state index in [-0.39, 0.29) is 11.3 Å². The van der Waals surface area contributed by atoms with E-state index in [1.807, 2.05) is 25.1 Å². The summed E-state index contributed by atoms with van der Waals surface area (Å²) in [6.45, 7) is 1.89. The van der Waals surface area contributed by atoms with Gasteiger partial charge in [-0.3, -0.25) is 14.4 Å². The molecule has 0 aliphatic heterocycles. The molecule has 0 bridgehead atoms. The van der Waals surface area contributed by atoms with E-state index in [9.17, 15) is 9.90 Å². The van der Waals surface area contributed by atoms with Crippen LogP contribution in [0.25, 0.3) is 16.6 Å². The Morgan fingerprint density at radius 2 is 2.12 bits per heavy atom. The number of aromatic nitrogens is 5. The molecule has 2 N–H and O–H groups in total. The molecule has 0 amide bonds. The van der Waals surface area contributed by atoms with Gasteiger partial charge in [0.05, 0.1) is 11.7 Å². The van der Waals surface area contributed by atoms with Crippen molar-refractivity contribution in [3.05, 3.63) is 54.5 Å². The molecule has 4 aromatic heterocycles. The largest absolute Gasteiger partial charge is 0.476 e. The molecule has 0 spiro atoms. The third-order valence-corrected chi connectivity index (χ3v) is 3.64. The summed E-state index contributed by atoms with van der Waals surface area (Å²) in [7, 11) is 0. The number of nitrogens with zero attached hydrogens (tertiary/aromatic N) is 5. The van der Waals surface area contributed by atoms with Gasteiger partial charge in [-0.25, -0.2) is 14.8 Å². The van der Waals surface area contributed by atoms with Crippen LogP contribution in [0.1, 0.15) is 16.2 Å². The van der Waals surface area contributed by atoms with E-state index in [1.165, 1.54) is 6.33 Å². The Kier molecular flexibility index (Phi) is 3.09. The maximum Gasteiger partial charge on any atom is 0.358 e. The number of hydrogen-bond acceptors (Lipinski definition) is 6. The fourth-order valence-corrected chi connectivity index (χ4v) is 2.58. The SMILES string of the molecule is Cc1cc(Nc2nc3c(C(=O)O)ncn3c3cnccc23)ccn1. The van der Waals surface area contributed by atoms with Crippen molar-refractivity contribution in [3.8, 4) is 0 Å². The van der Waals surface area contributed by atoms with Crippen molar-refractivity contribution in [2.75, 3.05) is 5.32 Å². The maximum atomic E-state index is 11.4. The van der Waals surface area contributed by atoms with Crippen LogP contribution in [0, 0.1) is 6.92 Å². The Morgan fingerprint density at radius 3 is 2.92 bits per heavy atom. The molecule has 0 radical (unpaired) electrons. The van der Waals surface area contributed by atoms with Gasteiger partial charge in [-0.1, -0.05) is 0 Å². The van der Waals surface area contributed by atoms with Gasteiger partial charge in [0.1, 0.15) is 12.1 Å². The van der Waals surface area contributed by atoms with Crippen LogP contribution in [0.2, 0.25) is 0 Å². The van der Waals surface area contributed by atoms with Crippen molar-refractivity contribution >= 4 is 34.0 Å².